The van der Waals surface area contributed by atoms with Crippen molar-refractivity contribution in [2.75, 3.05) is 7.11 Å². The first kappa shape index (κ1) is 16.5. The summed E-state index contributed by atoms with van der Waals surface area (Å²) in [6, 6.07) is 8.93. The topological polar surface area (TPSA) is 66.0 Å². The SMILES string of the molecule is COc1ccc2oc(C(=O)OCc3cn4cc(Cl)ccc4n3)c(C)c2c1. The second-order valence-corrected chi connectivity index (χ2v) is 6.28. The van der Waals surface area contributed by atoms with Crippen LogP contribution in [0.4, 0.5) is 0 Å². The lowest BCUT2D eigenvalue weighted by Crippen LogP contribution is -2.05. The number of carbonyl (C=O) groups excluding carboxylic acids is 1. The van der Waals surface area contributed by atoms with Gasteiger partial charge in [-0.15, -0.1) is 0 Å². The highest BCUT2D eigenvalue weighted by molar-refractivity contribution is 6.30. The van der Waals surface area contributed by atoms with Crippen LogP contribution in [0, 0.1) is 6.92 Å². The van der Waals surface area contributed by atoms with Gasteiger partial charge in [0.25, 0.3) is 0 Å². The van der Waals surface area contributed by atoms with E-state index < -0.39 is 5.97 Å². The molecule has 0 spiro atoms. The number of halogens is 1. The van der Waals surface area contributed by atoms with E-state index in [4.69, 9.17) is 25.5 Å². The molecule has 3 heterocycles. The summed E-state index contributed by atoms with van der Waals surface area (Å²) in [5, 5.41) is 1.42. The molecule has 0 saturated heterocycles. The predicted octanol–water partition coefficient (Wildman–Crippen LogP) is 4.41. The van der Waals surface area contributed by atoms with Gasteiger partial charge in [-0.25, -0.2) is 9.78 Å². The molecule has 0 unspecified atom stereocenters. The van der Waals surface area contributed by atoms with E-state index in [1.807, 2.05) is 13.0 Å². The molecule has 132 valence electrons. The fourth-order valence-corrected chi connectivity index (χ4v) is 2.98. The first-order valence-corrected chi connectivity index (χ1v) is 8.30. The number of pyridine rings is 1. The van der Waals surface area contributed by atoms with Crippen LogP contribution in [0.3, 0.4) is 0 Å². The van der Waals surface area contributed by atoms with Gasteiger partial charge in [0.1, 0.15) is 23.6 Å². The maximum Gasteiger partial charge on any atom is 0.374 e. The van der Waals surface area contributed by atoms with Crippen LogP contribution in [-0.2, 0) is 11.3 Å². The summed E-state index contributed by atoms with van der Waals surface area (Å²) in [6.07, 6.45) is 3.51. The van der Waals surface area contributed by atoms with E-state index in [9.17, 15) is 4.79 Å². The van der Waals surface area contributed by atoms with Crippen molar-refractivity contribution in [3.63, 3.8) is 0 Å². The summed E-state index contributed by atoms with van der Waals surface area (Å²) in [7, 11) is 1.59. The molecule has 0 aliphatic carbocycles. The Morgan fingerprint density at radius 1 is 1.27 bits per heavy atom. The van der Waals surface area contributed by atoms with E-state index >= 15 is 0 Å². The molecule has 3 aromatic heterocycles. The number of furan rings is 1. The highest BCUT2D eigenvalue weighted by Crippen LogP contribution is 2.29. The number of aryl methyl sites for hydroxylation is 1. The maximum absolute atomic E-state index is 12.4. The number of hydrogen-bond acceptors (Lipinski definition) is 5. The van der Waals surface area contributed by atoms with E-state index in [1.165, 1.54) is 0 Å². The van der Waals surface area contributed by atoms with Crippen molar-refractivity contribution in [1.29, 1.82) is 0 Å². The summed E-state index contributed by atoms with van der Waals surface area (Å²) in [4.78, 5) is 16.8. The van der Waals surface area contributed by atoms with Crippen LogP contribution in [-0.4, -0.2) is 22.5 Å². The summed E-state index contributed by atoms with van der Waals surface area (Å²) in [6.45, 7) is 1.85. The summed E-state index contributed by atoms with van der Waals surface area (Å²) < 4.78 is 18.0. The number of imidazole rings is 1. The minimum Gasteiger partial charge on any atom is -0.497 e. The molecule has 0 aliphatic rings. The van der Waals surface area contributed by atoms with Crippen molar-refractivity contribution in [2.24, 2.45) is 0 Å². The normalized spacial score (nSPS) is 11.2. The number of esters is 1. The summed E-state index contributed by atoms with van der Waals surface area (Å²) in [5.74, 6) is 0.345. The van der Waals surface area contributed by atoms with E-state index in [0.717, 1.165) is 11.0 Å². The molecule has 0 fully saturated rings. The van der Waals surface area contributed by atoms with Crippen molar-refractivity contribution in [3.8, 4) is 5.75 Å². The van der Waals surface area contributed by atoms with Crippen LogP contribution < -0.4 is 4.74 Å². The van der Waals surface area contributed by atoms with Gasteiger partial charge in [-0.2, -0.15) is 0 Å². The first-order valence-electron chi connectivity index (χ1n) is 7.92. The van der Waals surface area contributed by atoms with E-state index in [2.05, 4.69) is 4.98 Å². The molecule has 26 heavy (non-hydrogen) atoms. The van der Waals surface area contributed by atoms with Crippen LogP contribution in [0.1, 0.15) is 21.8 Å². The third kappa shape index (κ3) is 2.88. The Morgan fingerprint density at radius 3 is 2.92 bits per heavy atom. The van der Waals surface area contributed by atoms with Crippen LogP contribution >= 0.6 is 11.6 Å². The third-order valence-corrected chi connectivity index (χ3v) is 4.37. The Kier molecular flexibility index (Phi) is 4.05. The molecule has 0 N–H and O–H groups in total. The highest BCUT2D eigenvalue weighted by atomic mass is 35.5. The van der Waals surface area contributed by atoms with Crippen molar-refractivity contribution < 1.29 is 18.7 Å². The number of fused-ring (bicyclic) bond motifs is 2. The zero-order valence-electron chi connectivity index (χ0n) is 14.2. The van der Waals surface area contributed by atoms with E-state index in [0.29, 0.717) is 27.6 Å². The summed E-state index contributed by atoms with van der Waals surface area (Å²) in [5.41, 5.74) is 2.67. The molecule has 7 heteroatoms. The molecular weight excluding hydrogens is 356 g/mol. The Hall–Kier alpha value is -2.99. The largest absolute Gasteiger partial charge is 0.497 e. The molecular formula is C19H15ClN2O4. The average Bonchev–Trinajstić information content (AvgIpc) is 3.19. The molecule has 1 aromatic carbocycles. The van der Waals surface area contributed by atoms with Crippen molar-refractivity contribution in [3.05, 3.63) is 64.8 Å². The van der Waals surface area contributed by atoms with Crippen LogP contribution in [0.25, 0.3) is 16.6 Å². The lowest BCUT2D eigenvalue weighted by molar-refractivity contribution is 0.0433. The molecule has 4 aromatic rings. The van der Waals surface area contributed by atoms with Gasteiger partial charge in [-0.1, -0.05) is 11.6 Å². The molecule has 0 atom stereocenters. The second kappa shape index (κ2) is 6.38. The van der Waals surface area contributed by atoms with Crippen LogP contribution in [0.2, 0.25) is 5.02 Å². The van der Waals surface area contributed by atoms with Crippen LogP contribution in [0.5, 0.6) is 5.75 Å². The van der Waals surface area contributed by atoms with Gasteiger partial charge in [-0.05, 0) is 37.3 Å². The molecule has 0 radical (unpaired) electrons. The third-order valence-electron chi connectivity index (χ3n) is 4.14. The lowest BCUT2D eigenvalue weighted by atomic mass is 10.1. The second-order valence-electron chi connectivity index (χ2n) is 5.84. The quantitative estimate of drug-likeness (QED) is 0.498. The van der Waals surface area contributed by atoms with Crippen molar-refractivity contribution >= 4 is 34.2 Å². The van der Waals surface area contributed by atoms with Gasteiger partial charge < -0.3 is 18.3 Å². The molecule has 0 aliphatic heterocycles. The van der Waals surface area contributed by atoms with Gasteiger partial charge in [-0.3, -0.25) is 0 Å². The number of rotatable bonds is 4. The Balaban J connectivity index is 1.55. The first-order chi connectivity index (χ1) is 12.5. The van der Waals surface area contributed by atoms with Gasteiger partial charge in [0.2, 0.25) is 5.76 Å². The monoisotopic (exact) mass is 370 g/mol. The Bertz CT molecular complexity index is 1130. The number of hydrogen-bond donors (Lipinski definition) is 0. The van der Waals surface area contributed by atoms with E-state index in [-0.39, 0.29) is 12.4 Å². The lowest BCUT2D eigenvalue weighted by Gasteiger charge is -2.00. The highest BCUT2D eigenvalue weighted by Gasteiger charge is 2.20. The Morgan fingerprint density at radius 2 is 2.12 bits per heavy atom. The van der Waals surface area contributed by atoms with Crippen LogP contribution in [0.15, 0.2) is 47.1 Å². The number of nitrogens with zero attached hydrogens (tertiary/aromatic N) is 2. The number of ether oxygens (including phenoxy) is 2. The molecule has 6 nitrogen and oxygen atoms in total. The summed E-state index contributed by atoms with van der Waals surface area (Å²) >= 11 is 5.96. The minimum atomic E-state index is -0.534. The number of carbonyl (C=O) groups is 1. The predicted molar refractivity (Wildman–Crippen MR) is 96.8 cm³/mol. The minimum absolute atomic E-state index is 0.0396. The van der Waals surface area contributed by atoms with Gasteiger partial charge in [0.15, 0.2) is 0 Å². The standard InChI is InChI=1S/C19H15ClN2O4/c1-11-15-7-14(24-2)4-5-16(15)26-18(11)19(23)25-10-13-9-22-8-12(20)3-6-17(22)21-13/h3-9H,10H2,1-2H3. The molecule has 0 amide bonds. The zero-order valence-corrected chi connectivity index (χ0v) is 14.9. The molecule has 0 saturated carbocycles. The number of aromatic nitrogens is 2. The molecule has 0 bridgehead atoms. The zero-order chi connectivity index (χ0) is 18.3. The maximum atomic E-state index is 12.4. The van der Waals surface area contributed by atoms with Crippen molar-refractivity contribution in [1.82, 2.24) is 9.38 Å². The van der Waals surface area contributed by atoms with Crippen molar-refractivity contribution in [2.45, 2.75) is 13.5 Å². The van der Waals surface area contributed by atoms with Gasteiger partial charge in [0, 0.05) is 23.3 Å². The van der Waals surface area contributed by atoms with Gasteiger partial charge in [0.05, 0.1) is 17.8 Å². The smallest absolute Gasteiger partial charge is 0.374 e. The average molecular weight is 371 g/mol. The number of methoxy groups -OCH3 is 1. The number of benzene rings is 1. The Labute approximate surface area is 153 Å². The fourth-order valence-electron chi connectivity index (χ4n) is 2.81. The fraction of sp³-hybridized carbons (Fsp3) is 0.158. The van der Waals surface area contributed by atoms with Gasteiger partial charge >= 0.3 is 5.97 Å². The van der Waals surface area contributed by atoms with E-state index in [1.54, 1.807) is 48.2 Å². The molecule has 4 rings (SSSR count).